The van der Waals surface area contributed by atoms with Crippen LogP contribution in [-0.4, -0.2) is 20.4 Å². The van der Waals surface area contributed by atoms with E-state index in [0.29, 0.717) is 28.5 Å². The molecule has 37 heavy (non-hydrogen) atoms. The van der Waals surface area contributed by atoms with Crippen LogP contribution in [0, 0.1) is 19.8 Å². The molecule has 0 saturated carbocycles. The van der Waals surface area contributed by atoms with E-state index in [-0.39, 0.29) is 16.6 Å². The Morgan fingerprint density at radius 2 is 1.68 bits per heavy atom. The number of sulfonamides is 1. The topological polar surface area (TPSA) is 103 Å². The highest BCUT2D eigenvalue weighted by Crippen LogP contribution is 2.33. The molecule has 0 saturated heterocycles. The molecule has 0 spiro atoms. The quantitative estimate of drug-likeness (QED) is 0.191. The number of carbonyl (C=O) groups excluding carboxylic acids is 1. The van der Waals surface area contributed by atoms with E-state index in [9.17, 15) is 18.0 Å². The first-order valence-electron chi connectivity index (χ1n) is 12.0. The molecule has 2 atom stereocenters. The van der Waals surface area contributed by atoms with Crippen molar-refractivity contribution in [1.29, 1.82) is 0 Å². The maximum absolute atomic E-state index is 13.3. The van der Waals surface area contributed by atoms with Crippen molar-refractivity contribution < 1.29 is 22.4 Å². The molecule has 8 heteroatoms. The van der Waals surface area contributed by atoms with Crippen molar-refractivity contribution in [3.05, 3.63) is 94.3 Å². The molecule has 0 fully saturated rings. The Hall–Kier alpha value is -3.75. The molecular formula is C29H29NO6S. The molecule has 4 aromatic rings. The first-order valence-corrected chi connectivity index (χ1v) is 13.5. The lowest BCUT2D eigenvalue weighted by Gasteiger charge is -2.23. The molecule has 0 amide bonds. The molecule has 4 rings (SSSR count). The van der Waals surface area contributed by atoms with E-state index < -0.39 is 27.7 Å². The summed E-state index contributed by atoms with van der Waals surface area (Å²) in [5.74, 6) is -0.890. The minimum atomic E-state index is -3.97. The van der Waals surface area contributed by atoms with Gasteiger partial charge in [-0.15, -0.1) is 0 Å². The predicted molar refractivity (Wildman–Crippen MR) is 143 cm³/mol. The van der Waals surface area contributed by atoms with Crippen molar-refractivity contribution in [3.8, 4) is 16.9 Å². The van der Waals surface area contributed by atoms with Gasteiger partial charge in [0.1, 0.15) is 17.4 Å². The Morgan fingerprint density at radius 3 is 2.32 bits per heavy atom. The number of rotatable bonds is 8. The molecular weight excluding hydrogens is 490 g/mol. The van der Waals surface area contributed by atoms with Crippen LogP contribution in [0.3, 0.4) is 0 Å². The highest BCUT2D eigenvalue weighted by Gasteiger charge is 2.32. The van der Waals surface area contributed by atoms with Crippen LogP contribution in [0.2, 0.25) is 0 Å². The Kier molecular flexibility index (Phi) is 7.61. The number of fused-ring (bicyclic) bond motifs is 1. The molecule has 0 bridgehead atoms. The van der Waals surface area contributed by atoms with Crippen molar-refractivity contribution >= 4 is 27.0 Å². The molecule has 3 aromatic carbocycles. The van der Waals surface area contributed by atoms with E-state index in [4.69, 9.17) is 9.15 Å². The van der Waals surface area contributed by atoms with Crippen molar-refractivity contribution in [2.24, 2.45) is 5.92 Å². The van der Waals surface area contributed by atoms with E-state index >= 15 is 0 Å². The van der Waals surface area contributed by atoms with Crippen LogP contribution in [0.5, 0.6) is 5.75 Å². The Labute approximate surface area is 216 Å². The SMILES string of the molecule is CC[C@@H](C)[C@@H](NS(=O)(=O)c1ccc(C)cc1)C(=O)Oc1ccc2c(-c3ccccc3)cc(=O)oc2c1C. The van der Waals surface area contributed by atoms with Crippen molar-refractivity contribution in [3.63, 3.8) is 0 Å². The summed E-state index contributed by atoms with van der Waals surface area (Å²) in [4.78, 5) is 25.7. The highest BCUT2D eigenvalue weighted by atomic mass is 32.2. The number of benzene rings is 3. The van der Waals surface area contributed by atoms with Gasteiger partial charge in [0.25, 0.3) is 0 Å². The molecule has 7 nitrogen and oxygen atoms in total. The number of carbonyl (C=O) groups is 1. The summed E-state index contributed by atoms with van der Waals surface area (Å²) < 4.78 is 39.7. The first-order chi connectivity index (χ1) is 17.6. The lowest BCUT2D eigenvalue weighted by molar-refractivity contribution is -0.137. The second-order valence-electron chi connectivity index (χ2n) is 9.13. The second kappa shape index (κ2) is 10.7. The minimum Gasteiger partial charge on any atom is -0.425 e. The summed E-state index contributed by atoms with van der Waals surface area (Å²) in [6.45, 7) is 7.20. The summed E-state index contributed by atoms with van der Waals surface area (Å²) in [6, 6.07) is 19.5. The van der Waals surface area contributed by atoms with Crippen LogP contribution in [0.4, 0.5) is 0 Å². The number of hydrogen-bond donors (Lipinski definition) is 1. The van der Waals surface area contributed by atoms with E-state index in [1.165, 1.54) is 18.2 Å². The van der Waals surface area contributed by atoms with Gasteiger partial charge >= 0.3 is 11.6 Å². The molecule has 0 aliphatic rings. The smallest absolute Gasteiger partial charge is 0.336 e. The van der Waals surface area contributed by atoms with Gasteiger partial charge in [-0.3, -0.25) is 0 Å². The van der Waals surface area contributed by atoms with Crippen LogP contribution in [0.25, 0.3) is 22.1 Å². The number of nitrogens with one attached hydrogen (secondary N) is 1. The standard InChI is InChI=1S/C29H29NO6S/c1-5-19(3)27(30-37(33,34)22-13-11-18(2)12-14-22)29(32)35-25-16-15-23-24(21-9-7-6-8-10-21)17-26(31)36-28(23)20(25)4/h6-17,19,27,30H,5H2,1-4H3/t19-,27-/m1/s1. The Balaban J connectivity index is 1.68. The monoisotopic (exact) mass is 519 g/mol. The summed E-state index contributed by atoms with van der Waals surface area (Å²) in [5.41, 5.74) is 2.72. The van der Waals surface area contributed by atoms with E-state index in [0.717, 1.165) is 11.1 Å². The zero-order chi connectivity index (χ0) is 26.7. The molecule has 192 valence electrons. The lowest BCUT2D eigenvalue weighted by atomic mass is 9.99. The Bertz CT molecular complexity index is 1590. The molecule has 0 aliphatic heterocycles. The van der Waals surface area contributed by atoms with Gasteiger partial charge in [0, 0.05) is 17.0 Å². The second-order valence-corrected chi connectivity index (χ2v) is 10.8. The fourth-order valence-corrected chi connectivity index (χ4v) is 5.36. The number of esters is 1. The van der Waals surface area contributed by atoms with Gasteiger partial charge in [-0.25, -0.2) is 18.0 Å². The fourth-order valence-electron chi connectivity index (χ4n) is 4.07. The van der Waals surface area contributed by atoms with Gasteiger partial charge in [0.05, 0.1) is 4.90 Å². The zero-order valence-electron chi connectivity index (χ0n) is 21.1. The highest BCUT2D eigenvalue weighted by molar-refractivity contribution is 7.89. The summed E-state index contributed by atoms with van der Waals surface area (Å²) >= 11 is 0. The van der Waals surface area contributed by atoms with Gasteiger partial charge in [-0.1, -0.05) is 68.3 Å². The summed E-state index contributed by atoms with van der Waals surface area (Å²) in [5, 5.41) is 0.696. The first kappa shape index (κ1) is 26.3. The molecule has 0 unspecified atom stereocenters. The van der Waals surface area contributed by atoms with E-state index in [1.807, 2.05) is 44.2 Å². The van der Waals surface area contributed by atoms with Crippen molar-refractivity contribution in [2.45, 2.75) is 45.1 Å². The maximum atomic E-state index is 13.3. The third-order valence-electron chi connectivity index (χ3n) is 6.49. The average molecular weight is 520 g/mol. The minimum absolute atomic E-state index is 0.0660. The normalized spacial score (nSPS) is 13.3. The Morgan fingerprint density at radius 1 is 1.00 bits per heavy atom. The third kappa shape index (κ3) is 5.65. The molecule has 1 heterocycles. The molecule has 0 aliphatic carbocycles. The van der Waals surface area contributed by atoms with Gasteiger partial charge in [0.2, 0.25) is 10.0 Å². The summed E-state index contributed by atoms with van der Waals surface area (Å²) in [6.07, 6.45) is 0.544. The van der Waals surface area contributed by atoms with Gasteiger partial charge < -0.3 is 9.15 Å². The van der Waals surface area contributed by atoms with Crippen molar-refractivity contribution in [2.75, 3.05) is 0 Å². The largest absolute Gasteiger partial charge is 0.425 e. The van der Waals surface area contributed by atoms with Crippen LogP contribution in [0.15, 0.2) is 86.9 Å². The maximum Gasteiger partial charge on any atom is 0.336 e. The molecule has 0 radical (unpaired) electrons. The lowest BCUT2D eigenvalue weighted by Crippen LogP contribution is -2.47. The summed E-state index contributed by atoms with van der Waals surface area (Å²) in [7, 11) is -3.97. The van der Waals surface area contributed by atoms with E-state index in [1.54, 1.807) is 38.1 Å². The number of hydrogen-bond acceptors (Lipinski definition) is 6. The third-order valence-corrected chi connectivity index (χ3v) is 7.94. The van der Waals surface area contributed by atoms with Crippen molar-refractivity contribution in [1.82, 2.24) is 4.72 Å². The fraction of sp³-hybridized carbons (Fsp3) is 0.241. The van der Waals surface area contributed by atoms with Crippen LogP contribution >= 0.6 is 0 Å². The molecule has 1 N–H and O–H groups in total. The zero-order valence-corrected chi connectivity index (χ0v) is 22.0. The van der Waals surface area contributed by atoms with Gasteiger partial charge in [0.15, 0.2) is 0 Å². The number of aryl methyl sites for hydroxylation is 2. The van der Waals surface area contributed by atoms with E-state index in [2.05, 4.69) is 4.72 Å². The van der Waals surface area contributed by atoms with Gasteiger partial charge in [-0.2, -0.15) is 4.72 Å². The predicted octanol–water partition coefficient (Wildman–Crippen LogP) is 5.38. The number of ether oxygens (including phenoxy) is 1. The van der Waals surface area contributed by atoms with Crippen LogP contribution in [0.1, 0.15) is 31.4 Å². The van der Waals surface area contributed by atoms with Crippen LogP contribution in [-0.2, 0) is 14.8 Å². The van der Waals surface area contributed by atoms with Crippen LogP contribution < -0.4 is 15.1 Å². The molecule has 1 aromatic heterocycles. The average Bonchev–Trinajstić information content (AvgIpc) is 2.89. The van der Waals surface area contributed by atoms with Gasteiger partial charge in [-0.05, 0) is 55.2 Å².